The molecular weight excluding hydrogens is 242 g/mol. The van der Waals surface area contributed by atoms with Gasteiger partial charge in [0.05, 0.1) is 5.69 Å². The molecule has 0 atom stereocenters. The van der Waals surface area contributed by atoms with Crippen LogP contribution in [0.15, 0.2) is 6.20 Å². The molecule has 0 saturated carbocycles. The number of aryl methyl sites for hydroxylation is 2. The van der Waals surface area contributed by atoms with Crippen LogP contribution in [-0.2, 0) is 18.3 Å². The molecule has 0 radical (unpaired) electrons. The molecule has 1 aromatic rings. The van der Waals surface area contributed by atoms with Gasteiger partial charge in [0.1, 0.15) is 0 Å². The van der Waals surface area contributed by atoms with Crippen LogP contribution in [0.5, 0.6) is 0 Å². The number of carboxylic acid groups (broad SMARTS) is 1. The van der Waals surface area contributed by atoms with Crippen molar-refractivity contribution >= 4 is 5.97 Å². The Kier molecular flexibility index (Phi) is 7.86. The lowest BCUT2D eigenvalue weighted by Gasteiger charge is -2.01. The summed E-state index contributed by atoms with van der Waals surface area (Å²) in [5.41, 5.74) is 1.08. The molecule has 0 spiro atoms. The van der Waals surface area contributed by atoms with Crippen molar-refractivity contribution in [1.29, 1.82) is 0 Å². The number of hydrogen-bond donors (Lipinski definition) is 1. The molecule has 0 bridgehead atoms. The molecular formula is C14H25N3O2. The lowest BCUT2D eigenvalue weighted by Crippen LogP contribution is -1.93. The molecule has 0 aromatic carbocycles. The van der Waals surface area contributed by atoms with E-state index in [1.54, 1.807) is 4.68 Å². The van der Waals surface area contributed by atoms with Crippen LogP contribution in [0, 0.1) is 0 Å². The zero-order valence-corrected chi connectivity index (χ0v) is 11.8. The number of rotatable bonds is 11. The standard InChI is InChI=1S/C14H25N3O2/c1-17-12-13(15-16-17)10-8-6-4-2-3-5-7-9-11-14(18)19/h12H,2-11H2,1H3,(H,18,19). The van der Waals surface area contributed by atoms with Crippen LogP contribution in [0.4, 0.5) is 0 Å². The van der Waals surface area contributed by atoms with Crippen LogP contribution in [-0.4, -0.2) is 26.1 Å². The Morgan fingerprint density at radius 1 is 1.11 bits per heavy atom. The molecule has 0 aliphatic rings. The van der Waals surface area contributed by atoms with E-state index in [4.69, 9.17) is 5.11 Å². The first kappa shape index (κ1) is 15.7. The summed E-state index contributed by atoms with van der Waals surface area (Å²) in [4.78, 5) is 10.3. The first-order valence-corrected chi connectivity index (χ1v) is 7.25. The van der Waals surface area contributed by atoms with Gasteiger partial charge in [-0.1, -0.05) is 43.7 Å². The Morgan fingerprint density at radius 3 is 2.21 bits per heavy atom. The predicted molar refractivity (Wildman–Crippen MR) is 73.9 cm³/mol. The third-order valence-corrected chi connectivity index (χ3v) is 3.22. The molecule has 108 valence electrons. The van der Waals surface area contributed by atoms with Gasteiger partial charge < -0.3 is 5.11 Å². The van der Waals surface area contributed by atoms with Crippen LogP contribution in [0.2, 0.25) is 0 Å². The average molecular weight is 267 g/mol. The summed E-state index contributed by atoms with van der Waals surface area (Å²) in [6.45, 7) is 0. The van der Waals surface area contributed by atoms with E-state index in [1.807, 2.05) is 13.2 Å². The van der Waals surface area contributed by atoms with Gasteiger partial charge in [-0.2, -0.15) is 0 Å². The Bertz CT molecular complexity index is 363. The SMILES string of the molecule is Cn1cc(CCCCCCCCCCC(=O)O)nn1. The van der Waals surface area contributed by atoms with Crippen LogP contribution in [0.25, 0.3) is 0 Å². The van der Waals surface area contributed by atoms with Crippen molar-refractivity contribution in [3.63, 3.8) is 0 Å². The van der Waals surface area contributed by atoms with Gasteiger partial charge in [0.15, 0.2) is 0 Å². The highest BCUT2D eigenvalue weighted by Crippen LogP contribution is 2.11. The first-order valence-electron chi connectivity index (χ1n) is 7.25. The normalized spacial score (nSPS) is 10.8. The summed E-state index contributed by atoms with van der Waals surface area (Å²) in [5.74, 6) is -0.677. The Labute approximate surface area is 115 Å². The van der Waals surface area contributed by atoms with Crippen molar-refractivity contribution < 1.29 is 9.90 Å². The molecule has 1 N–H and O–H groups in total. The van der Waals surface area contributed by atoms with E-state index in [2.05, 4.69) is 10.3 Å². The predicted octanol–water partition coefficient (Wildman–Crippen LogP) is 2.95. The van der Waals surface area contributed by atoms with Crippen LogP contribution >= 0.6 is 0 Å². The van der Waals surface area contributed by atoms with Gasteiger partial charge in [-0.15, -0.1) is 5.10 Å². The molecule has 0 saturated heterocycles. The third-order valence-electron chi connectivity index (χ3n) is 3.22. The summed E-state index contributed by atoms with van der Waals surface area (Å²) in [5, 5.41) is 16.5. The molecule has 0 amide bonds. The van der Waals surface area contributed by atoms with Gasteiger partial charge in [0.2, 0.25) is 0 Å². The molecule has 5 heteroatoms. The third kappa shape index (κ3) is 8.35. The monoisotopic (exact) mass is 267 g/mol. The Morgan fingerprint density at radius 2 is 1.68 bits per heavy atom. The van der Waals surface area contributed by atoms with E-state index in [0.29, 0.717) is 6.42 Å². The van der Waals surface area contributed by atoms with E-state index in [-0.39, 0.29) is 0 Å². The smallest absolute Gasteiger partial charge is 0.303 e. The molecule has 0 aliphatic heterocycles. The number of aromatic nitrogens is 3. The van der Waals surface area contributed by atoms with Crippen molar-refractivity contribution in [1.82, 2.24) is 15.0 Å². The van der Waals surface area contributed by atoms with Gasteiger partial charge in [0.25, 0.3) is 0 Å². The zero-order valence-electron chi connectivity index (χ0n) is 11.8. The fraction of sp³-hybridized carbons (Fsp3) is 0.786. The molecule has 1 rings (SSSR count). The van der Waals surface area contributed by atoms with Gasteiger partial charge in [-0.05, 0) is 19.3 Å². The van der Waals surface area contributed by atoms with Crippen molar-refractivity contribution in [2.24, 2.45) is 7.05 Å². The van der Waals surface area contributed by atoms with Gasteiger partial charge in [0, 0.05) is 19.7 Å². The van der Waals surface area contributed by atoms with E-state index < -0.39 is 5.97 Å². The van der Waals surface area contributed by atoms with Gasteiger partial charge in [-0.3, -0.25) is 9.48 Å². The van der Waals surface area contributed by atoms with E-state index >= 15 is 0 Å². The minimum absolute atomic E-state index is 0.318. The second kappa shape index (κ2) is 9.53. The largest absolute Gasteiger partial charge is 0.481 e. The lowest BCUT2D eigenvalue weighted by atomic mass is 10.1. The Balaban J connectivity index is 1.82. The fourth-order valence-electron chi connectivity index (χ4n) is 2.15. The highest BCUT2D eigenvalue weighted by molar-refractivity contribution is 5.66. The summed E-state index contributed by atoms with van der Waals surface area (Å²) < 4.78 is 1.74. The molecule has 1 aromatic heterocycles. The number of hydrogen-bond acceptors (Lipinski definition) is 3. The quantitative estimate of drug-likeness (QED) is 0.626. The zero-order chi connectivity index (χ0) is 13.9. The highest BCUT2D eigenvalue weighted by Gasteiger charge is 1.99. The molecule has 5 nitrogen and oxygen atoms in total. The van der Waals surface area contributed by atoms with Crippen LogP contribution in [0.3, 0.4) is 0 Å². The summed E-state index contributed by atoms with van der Waals surface area (Å²) in [6, 6.07) is 0. The number of carboxylic acids is 1. The lowest BCUT2D eigenvalue weighted by molar-refractivity contribution is -0.137. The Hall–Kier alpha value is -1.39. The van der Waals surface area contributed by atoms with Crippen molar-refractivity contribution in [2.75, 3.05) is 0 Å². The van der Waals surface area contributed by atoms with Crippen molar-refractivity contribution in [2.45, 2.75) is 64.2 Å². The average Bonchev–Trinajstić information content (AvgIpc) is 2.77. The summed E-state index contributed by atoms with van der Waals surface area (Å²) >= 11 is 0. The van der Waals surface area contributed by atoms with Gasteiger partial charge in [-0.25, -0.2) is 0 Å². The van der Waals surface area contributed by atoms with E-state index in [1.165, 1.54) is 32.1 Å². The molecule has 19 heavy (non-hydrogen) atoms. The number of nitrogens with zero attached hydrogens (tertiary/aromatic N) is 3. The number of carbonyl (C=O) groups is 1. The second-order valence-corrected chi connectivity index (χ2v) is 5.11. The van der Waals surface area contributed by atoms with Crippen molar-refractivity contribution in [3.05, 3.63) is 11.9 Å². The fourth-order valence-corrected chi connectivity index (χ4v) is 2.15. The summed E-state index contributed by atoms with van der Waals surface area (Å²) in [6.07, 6.45) is 12.5. The molecule has 0 unspecified atom stereocenters. The van der Waals surface area contributed by atoms with Crippen LogP contribution in [0.1, 0.15) is 63.5 Å². The maximum absolute atomic E-state index is 10.3. The van der Waals surface area contributed by atoms with Crippen LogP contribution < -0.4 is 0 Å². The maximum Gasteiger partial charge on any atom is 0.303 e. The molecule has 1 heterocycles. The highest BCUT2D eigenvalue weighted by atomic mass is 16.4. The minimum atomic E-state index is -0.677. The number of aliphatic carboxylic acids is 1. The maximum atomic E-state index is 10.3. The second-order valence-electron chi connectivity index (χ2n) is 5.11. The van der Waals surface area contributed by atoms with E-state index in [9.17, 15) is 4.79 Å². The molecule has 0 fully saturated rings. The first-order chi connectivity index (χ1) is 9.18. The topological polar surface area (TPSA) is 68.0 Å². The minimum Gasteiger partial charge on any atom is -0.481 e. The van der Waals surface area contributed by atoms with E-state index in [0.717, 1.165) is 31.4 Å². The summed E-state index contributed by atoms with van der Waals surface area (Å²) in [7, 11) is 1.89. The molecule has 0 aliphatic carbocycles. The van der Waals surface area contributed by atoms with Gasteiger partial charge >= 0.3 is 5.97 Å². The van der Waals surface area contributed by atoms with Crippen molar-refractivity contribution in [3.8, 4) is 0 Å². The number of unbranched alkanes of at least 4 members (excludes halogenated alkanes) is 7.